The summed E-state index contributed by atoms with van der Waals surface area (Å²) < 4.78 is 11.1. The van der Waals surface area contributed by atoms with Crippen molar-refractivity contribution in [2.75, 3.05) is 29.9 Å². The van der Waals surface area contributed by atoms with E-state index < -0.39 is 0 Å². The van der Waals surface area contributed by atoms with Crippen molar-refractivity contribution in [2.24, 2.45) is 5.92 Å². The summed E-state index contributed by atoms with van der Waals surface area (Å²) >= 11 is 0. The highest BCUT2D eigenvalue weighted by molar-refractivity contribution is 6.28. The van der Waals surface area contributed by atoms with Crippen molar-refractivity contribution in [3.8, 4) is 11.3 Å². The summed E-state index contributed by atoms with van der Waals surface area (Å²) in [7, 11) is 0. The molecule has 3 aromatic rings. The number of fused-ring (bicyclic) bond motifs is 2. The van der Waals surface area contributed by atoms with E-state index >= 15 is 0 Å². The molecule has 166 valence electrons. The maximum Gasteiger partial charge on any atom is 0.310 e. The van der Waals surface area contributed by atoms with Crippen LogP contribution in [0.25, 0.3) is 22.2 Å². The summed E-state index contributed by atoms with van der Waals surface area (Å²) in [5.74, 6) is 0.259. The summed E-state index contributed by atoms with van der Waals surface area (Å²) in [5.41, 5.74) is 4.30. The first-order valence-electron chi connectivity index (χ1n) is 11.3. The summed E-state index contributed by atoms with van der Waals surface area (Å²) in [6, 6.07) is 9.62. The van der Waals surface area contributed by atoms with Crippen LogP contribution in [0.15, 0.2) is 34.9 Å². The Balaban J connectivity index is 1.67. The molecule has 2 heterocycles. The predicted molar refractivity (Wildman–Crippen MR) is 123 cm³/mol. The van der Waals surface area contributed by atoms with Crippen molar-refractivity contribution in [1.82, 2.24) is 5.16 Å². The van der Waals surface area contributed by atoms with Crippen LogP contribution >= 0.6 is 0 Å². The lowest BCUT2D eigenvalue weighted by Crippen LogP contribution is -2.39. The Kier molecular flexibility index (Phi) is 5.12. The van der Waals surface area contributed by atoms with Gasteiger partial charge in [-0.25, -0.2) is 0 Å². The Morgan fingerprint density at radius 1 is 1.31 bits per heavy atom. The number of hydrogen-bond acceptors (Lipinski definition) is 7. The maximum absolute atomic E-state index is 13.5. The number of rotatable bonds is 5. The quantitative estimate of drug-likeness (QED) is 0.459. The van der Waals surface area contributed by atoms with Crippen LogP contribution in [0.4, 0.5) is 11.4 Å². The maximum atomic E-state index is 13.5. The molecule has 1 atom stereocenters. The van der Waals surface area contributed by atoms with E-state index in [9.17, 15) is 9.59 Å². The number of aromatic nitrogens is 1. The normalized spacial score (nSPS) is 17.6. The van der Waals surface area contributed by atoms with Crippen molar-refractivity contribution in [1.29, 1.82) is 0 Å². The van der Waals surface area contributed by atoms with E-state index in [0.717, 1.165) is 41.7 Å². The molecular formula is C25H27N3O4. The first kappa shape index (κ1) is 20.5. The Morgan fingerprint density at radius 3 is 2.84 bits per heavy atom. The molecule has 1 N–H and O–H groups in total. The summed E-state index contributed by atoms with van der Waals surface area (Å²) in [4.78, 5) is 28.1. The number of benzene rings is 2. The summed E-state index contributed by atoms with van der Waals surface area (Å²) in [6.45, 7) is 7.66. The van der Waals surface area contributed by atoms with Gasteiger partial charge in [0.15, 0.2) is 11.5 Å². The van der Waals surface area contributed by atoms with Crippen molar-refractivity contribution >= 4 is 34.0 Å². The zero-order valence-corrected chi connectivity index (χ0v) is 18.6. The fourth-order valence-corrected chi connectivity index (χ4v) is 4.86. The lowest BCUT2D eigenvalue weighted by atomic mass is 9.86. The molecule has 5 rings (SSSR count). The third-order valence-electron chi connectivity index (χ3n) is 6.20. The monoisotopic (exact) mass is 433 g/mol. The molecule has 2 aromatic carbocycles. The smallest absolute Gasteiger partial charge is 0.310 e. The fourth-order valence-electron chi connectivity index (χ4n) is 4.86. The molecule has 0 unspecified atom stereocenters. The van der Waals surface area contributed by atoms with Crippen molar-refractivity contribution < 1.29 is 18.8 Å². The zero-order chi connectivity index (χ0) is 22.4. The molecule has 32 heavy (non-hydrogen) atoms. The van der Waals surface area contributed by atoms with Crippen LogP contribution in [0.1, 0.15) is 49.5 Å². The molecule has 0 radical (unpaired) electrons. The van der Waals surface area contributed by atoms with Crippen molar-refractivity contribution in [3.63, 3.8) is 0 Å². The van der Waals surface area contributed by atoms with Crippen LogP contribution in [0.5, 0.6) is 0 Å². The number of nitrogens with zero attached hydrogens (tertiary/aromatic N) is 2. The summed E-state index contributed by atoms with van der Waals surface area (Å²) in [6.07, 6.45) is 1.69. The average molecular weight is 434 g/mol. The number of carbonyl (C=O) groups excluding carboxylic acids is 2. The highest BCUT2D eigenvalue weighted by Crippen LogP contribution is 2.46. The molecule has 1 saturated heterocycles. The fraction of sp³-hybridized carbons (Fsp3) is 0.400. The number of anilines is 2. The van der Waals surface area contributed by atoms with Gasteiger partial charge in [-0.1, -0.05) is 29.4 Å². The highest BCUT2D eigenvalue weighted by Gasteiger charge is 2.35. The molecule has 0 spiro atoms. The van der Waals surface area contributed by atoms with Gasteiger partial charge in [0.05, 0.1) is 29.2 Å². The highest BCUT2D eigenvalue weighted by atomic mass is 16.5. The van der Waals surface area contributed by atoms with E-state index in [1.807, 2.05) is 51.1 Å². The van der Waals surface area contributed by atoms with Gasteiger partial charge in [-0.3, -0.25) is 9.59 Å². The first-order valence-corrected chi connectivity index (χ1v) is 11.3. The molecule has 1 aliphatic heterocycles. The second kappa shape index (κ2) is 7.97. The van der Waals surface area contributed by atoms with E-state index in [1.54, 1.807) is 0 Å². The van der Waals surface area contributed by atoms with E-state index in [-0.39, 0.29) is 23.7 Å². The lowest BCUT2D eigenvalue weighted by Gasteiger charge is -2.34. The standard InChI is InChI=1S/C25H27N3O4/c1-4-31-25(30)15-8-7-11-28(13-15)19-12-18(26-14(2)3)20-21-22(19)27-32-24(21)17-10-6-5-9-16(17)23(20)29/h5-6,9-10,12,14-15,26H,4,7-8,11,13H2,1-3H3/t15-/m1/s1. The second-order valence-corrected chi connectivity index (χ2v) is 8.76. The lowest BCUT2D eigenvalue weighted by molar-refractivity contribution is -0.148. The average Bonchev–Trinajstić information content (AvgIpc) is 3.23. The van der Waals surface area contributed by atoms with Crippen molar-refractivity contribution in [3.05, 3.63) is 41.5 Å². The molecule has 7 heteroatoms. The van der Waals surface area contributed by atoms with Gasteiger partial charge < -0.3 is 19.5 Å². The van der Waals surface area contributed by atoms with Crippen LogP contribution < -0.4 is 10.2 Å². The van der Waals surface area contributed by atoms with Crippen LogP contribution in [-0.2, 0) is 9.53 Å². The van der Waals surface area contributed by atoms with Gasteiger partial charge in [0.2, 0.25) is 0 Å². The summed E-state index contributed by atoms with van der Waals surface area (Å²) in [5, 5.41) is 8.61. The number of nitrogens with one attached hydrogen (secondary N) is 1. The predicted octanol–water partition coefficient (Wildman–Crippen LogP) is 4.64. The van der Waals surface area contributed by atoms with Gasteiger partial charge in [-0.05, 0) is 39.7 Å². The van der Waals surface area contributed by atoms with Gasteiger partial charge in [-0.15, -0.1) is 0 Å². The third kappa shape index (κ3) is 3.23. The Bertz CT molecular complexity index is 1210. The first-order chi connectivity index (χ1) is 15.5. The number of esters is 1. The third-order valence-corrected chi connectivity index (χ3v) is 6.20. The molecule has 0 amide bonds. The molecule has 1 aliphatic carbocycles. The molecular weight excluding hydrogens is 406 g/mol. The van der Waals surface area contributed by atoms with E-state index in [2.05, 4.69) is 15.4 Å². The Labute approximate surface area is 186 Å². The minimum absolute atomic E-state index is 0.0287. The molecule has 2 aliphatic rings. The van der Waals surface area contributed by atoms with Gasteiger partial charge in [-0.2, -0.15) is 0 Å². The van der Waals surface area contributed by atoms with Gasteiger partial charge in [0, 0.05) is 35.9 Å². The number of ketones is 1. The van der Waals surface area contributed by atoms with Crippen LogP contribution in [0, 0.1) is 5.92 Å². The molecule has 1 aromatic heterocycles. The molecule has 0 saturated carbocycles. The molecule has 7 nitrogen and oxygen atoms in total. The van der Waals surface area contributed by atoms with E-state index in [1.165, 1.54) is 0 Å². The van der Waals surface area contributed by atoms with E-state index in [0.29, 0.717) is 35.6 Å². The number of piperidine rings is 1. The zero-order valence-electron chi connectivity index (χ0n) is 18.6. The van der Waals surface area contributed by atoms with Crippen LogP contribution in [0.3, 0.4) is 0 Å². The number of ether oxygens (including phenoxy) is 1. The van der Waals surface area contributed by atoms with Crippen LogP contribution in [-0.4, -0.2) is 42.6 Å². The Morgan fingerprint density at radius 2 is 2.09 bits per heavy atom. The molecule has 1 fully saturated rings. The van der Waals surface area contributed by atoms with Gasteiger partial charge in [0.1, 0.15) is 5.52 Å². The molecule has 0 bridgehead atoms. The number of carbonyl (C=O) groups is 2. The topological polar surface area (TPSA) is 84.7 Å². The van der Waals surface area contributed by atoms with Crippen LogP contribution in [0.2, 0.25) is 0 Å². The SMILES string of the molecule is CCOC(=O)[C@@H]1CCCN(c2cc(NC(C)C)c3c4c(onc24)-c2ccccc2C3=O)C1. The van der Waals surface area contributed by atoms with Gasteiger partial charge in [0.25, 0.3) is 0 Å². The second-order valence-electron chi connectivity index (χ2n) is 8.76. The number of hydrogen-bond donors (Lipinski definition) is 1. The largest absolute Gasteiger partial charge is 0.466 e. The Hall–Kier alpha value is -3.35. The minimum Gasteiger partial charge on any atom is -0.466 e. The minimum atomic E-state index is -0.179. The van der Waals surface area contributed by atoms with Crippen molar-refractivity contribution in [2.45, 2.75) is 39.7 Å². The van der Waals surface area contributed by atoms with E-state index in [4.69, 9.17) is 9.26 Å². The van der Waals surface area contributed by atoms with Gasteiger partial charge >= 0.3 is 5.97 Å².